The van der Waals surface area contributed by atoms with Gasteiger partial charge in [-0.15, -0.1) is 0 Å². The second-order valence-corrected chi connectivity index (χ2v) is 4.33. The summed E-state index contributed by atoms with van der Waals surface area (Å²) in [6, 6.07) is 7.26. The van der Waals surface area contributed by atoms with Gasteiger partial charge in [0, 0.05) is 16.7 Å². The quantitative estimate of drug-likeness (QED) is 0.819. The Morgan fingerprint density at radius 3 is 2.53 bits per heavy atom. The van der Waals surface area contributed by atoms with E-state index in [1.807, 2.05) is 12.1 Å². The lowest BCUT2D eigenvalue weighted by Crippen LogP contribution is -2.25. The average Bonchev–Trinajstić information content (AvgIpc) is 2.19. The third-order valence-electron chi connectivity index (χ3n) is 1.82. The molecule has 1 aromatic rings. The Balaban J connectivity index is 2.44. The Morgan fingerprint density at radius 2 is 2.00 bits per heavy atom. The van der Waals surface area contributed by atoms with Crippen LogP contribution in [0.5, 0.6) is 0 Å². The van der Waals surface area contributed by atoms with Gasteiger partial charge in [-0.3, -0.25) is 4.79 Å². The number of halogens is 1. The highest BCUT2D eigenvalue weighted by Gasteiger charge is 2.02. The lowest BCUT2D eigenvalue weighted by molar-refractivity contribution is -0.120. The number of carbonyl (C=O) groups excluding carboxylic acids is 1. The Kier molecular flexibility index (Phi) is 4.37. The maximum absolute atomic E-state index is 11.4. The molecule has 0 saturated heterocycles. The highest BCUT2D eigenvalue weighted by Crippen LogP contribution is 2.06. The summed E-state index contributed by atoms with van der Waals surface area (Å²) in [7, 11) is 0. The van der Waals surface area contributed by atoms with Crippen molar-refractivity contribution < 1.29 is 4.79 Å². The summed E-state index contributed by atoms with van der Waals surface area (Å²) in [6.07, 6.45) is 0.362. The molecule has 0 aliphatic carbocycles. The molecule has 0 spiro atoms. The molecule has 0 aliphatic heterocycles. The fourth-order valence-corrected chi connectivity index (χ4v) is 1.22. The number of hydrogen-bond donors (Lipinski definition) is 2. The van der Waals surface area contributed by atoms with Crippen LogP contribution in [0, 0.1) is 0 Å². The first-order chi connectivity index (χ1) is 7.08. The highest BCUT2D eigenvalue weighted by atomic mass is 79.9. The predicted molar refractivity (Wildman–Crippen MR) is 65.6 cm³/mol. The number of rotatable bonds is 4. The van der Waals surface area contributed by atoms with Crippen molar-refractivity contribution in [3.63, 3.8) is 0 Å². The van der Waals surface area contributed by atoms with Crippen LogP contribution in [-0.2, 0) is 11.2 Å². The first-order valence-corrected chi connectivity index (χ1v) is 5.31. The van der Waals surface area contributed by atoms with E-state index in [1.165, 1.54) is 0 Å². The lowest BCUT2D eigenvalue weighted by atomic mass is 10.1. The van der Waals surface area contributed by atoms with E-state index in [-0.39, 0.29) is 5.91 Å². The number of amides is 1. The number of hydrogen-bond acceptors (Lipinski definition) is 2. The molecule has 4 heteroatoms. The average molecular weight is 269 g/mol. The van der Waals surface area contributed by atoms with Gasteiger partial charge in [0.1, 0.15) is 0 Å². The molecule has 1 amide bonds. The van der Waals surface area contributed by atoms with E-state index in [0.717, 1.165) is 10.0 Å². The van der Waals surface area contributed by atoms with Crippen molar-refractivity contribution in [2.45, 2.75) is 6.42 Å². The molecule has 80 valence electrons. The first kappa shape index (κ1) is 11.8. The van der Waals surface area contributed by atoms with Crippen LogP contribution in [0.4, 0.5) is 5.69 Å². The number of nitrogens with one attached hydrogen (secondary N) is 1. The van der Waals surface area contributed by atoms with Crippen molar-refractivity contribution in [1.29, 1.82) is 0 Å². The standard InChI is InChI=1S/C11H13BrN2O/c1-8(12)7-14-11(15)6-9-2-4-10(13)5-3-9/h2-5H,1,6-7,13H2,(H,14,15). The van der Waals surface area contributed by atoms with Gasteiger partial charge in [-0.25, -0.2) is 0 Å². The summed E-state index contributed by atoms with van der Waals surface area (Å²) >= 11 is 3.17. The summed E-state index contributed by atoms with van der Waals surface area (Å²) in [6.45, 7) is 4.08. The monoisotopic (exact) mass is 268 g/mol. The van der Waals surface area contributed by atoms with Crippen molar-refractivity contribution in [2.24, 2.45) is 0 Å². The van der Waals surface area contributed by atoms with E-state index in [0.29, 0.717) is 18.7 Å². The SMILES string of the molecule is C=C(Br)CNC(=O)Cc1ccc(N)cc1. The number of benzene rings is 1. The third kappa shape index (κ3) is 4.65. The fourth-order valence-electron chi connectivity index (χ4n) is 1.08. The molecule has 1 rings (SSSR count). The highest BCUT2D eigenvalue weighted by molar-refractivity contribution is 9.11. The molecule has 1 aromatic carbocycles. The van der Waals surface area contributed by atoms with Crippen LogP contribution in [0.25, 0.3) is 0 Å². The molecule has 15 heavy (non-hydrogen) atoms. The topological polar surface area (TPSA) is 55.1 Å². The molecular weight excluding hydrogens is 256 g/mol. The Bertz CT molecular complexity index is 359. The second-order valence-electron chi connectivity index (χ2n) is 3.21. The van der Waals surface area contributed by atoms with Gasteiger partial charge in [-0.2, -0.15) is 0 Å². The molecule has 0 radical (unpaired) electrons. The minimum Gasteiger partial charge on any atom is -0.399 e. The minimum absolute atomic E-state index is 0.0274. The van der Waals surface area contributed by atoms with Crippen LogP contribution in [0.3, 0.4) is 0 Å². The van der Waals surface area contributed by atoms with E-state index in [4.69, 9.17) is 5.73 Å². The molecule has 0 aromatic heterocycles. The van der Waals surface area contributed by atoms with Crippen molar-refractivity contribution in [2.75, 3.05) is 12.3 Å². The minimum atomic E-state index is -0.0274. The molecule has 3 nitrogen and oxygen atoms in total. The Labute approximate surface area is 97.5 Å². The van der Waals surface area contributed by atoms with E-state index in [2.05, 4.69) is 27.8 Å². The molecular formula is C11H13BrN2O. The largest absolute Gasteiger partial charge is 0.399 e. The van der Waals surface area contributed by atoms with Crippen LogP contribution in [0.15, 0.2) is 35.3 Å². The van der Waals surface area contributed by atoms with Crippen LogP contribution in [0.2, 0.25) is 0 Å². The number of carbonyl (C=O) groups is 1. The van der Waals surface area contributed by atoms with Crippen molar-refractivity contribution in [3.8, 4) is 0 Å². The molecule has 0 saturated carbocycles. The molecule has 0 bridgehead atoms. The molecule has 0 aliphatic rings. The zero-order chi connectivity index (χ0) is 11.3. The fraction of sp³-hybridized carbons (Fsp3) is 0.182. The second kappa shape index (κ2) is 5.56. The van der Waals surface area contributed by atoms with Crippen molar-refractivity contribution in [3.05, 3.63) is 40.9 Å². The first-order valence-electron chi connectivity index (χ1n) is 4.52. The molecule has 0 unspecified atom stereocenters. The van der Waals surface area contributed by atoms with Crippen LogP contribution in [-0.4, -0.2) is 12.5 Å². The van der Waals surface area contributed by atoms with Gasteiger partial charge in [0.2, 0.25) is 5.91 Å². The predicted octanol–water partition coefficient (Wildman–Crippen LogP) is 1.84. The summed E-state index contributed by atoms with van der Waals surface area (Å²) < 4.78 is 0.758. The number of nitrogens with two attached hydrogens (primary N) is 1. The van der Waals surface area contributed by atoms with Gasteiger partial charge in [-0.05, 0) is 17.7 Å². The lowest BCUT2D eigenvalue weighted by Gasteiger charge is -2.04. The van der Waals surface area contributed by atoms with Crippen LogP contribution in [0.1, 0.15) is 5.56 Å². The summed E-state index contributed by atoms with van der Waals surface area (Å²) in [4.78, 5) is 11.4. The summed E-state index contributed by atoms with van der Waals surface area (Å²) in [5.74, 6) is -0.0274. The Morgan fingerprint density at radius 1 is 1.40 bits per heavy atom. The van der Waals surface area contributed by atoms with Crippen molar-refractivity contribution >= 4 is 27.5 Å². The third-order valence-corrected chi connectivity index (χ3v) is 2.10. The van der Waals surface area contributed by atoms with Gasteiger partial charge in [0.15, 0.2) is 0 Å². The van der Waals surface area contributed by atoms with Gasteiger partial charge in [0.25, 0.3) is 0 Å². The van der Waals surface area contributed by atoms with Crippen molar-refractivity contribution in [1.82, 2.24) is 5.32 Å². The summed E-state index contributed by atoms with van der Waals surface area (Å²) in [5.41, 5.74) is 7.19. The van der Waals surface area contributed by atoms with E-state index in [1.54, 1.807) is 12.1 Å². The van der Waals surface area contributed by atoms with E-state index >= 15 is 0 Å². The molecule has 0 heterocycles. The van der Waals surface area contributed by atoms with Crippen LogP contribution >= 0.6 is 15.9 Å². The Hall–Kier alpha value is -1.29. The normalized spacial score (nSPS) is 9.67. The molecule has 3 N–H and O–H groups in total. The summed E-state index contributed by atoms with van der Waals surface area (Å²) in [5, 5.41) is 2.73. The zero-order valence-electron chi connectivity index (χ0n) is 8.29. The van der Waals surface area contributed by atoms with Crippen LogP contribution < -0.4 is 11.1 Å². The molecule has 0 atom stereocenters. The number of nitrogen functional groups attached to an aromatic ring is 1. The van der Waals surface area contributed by atoms with E-state index < -0.39 is 0 Å². The van der Waals surface area contributed by atoms with Gasteiger partial charge >= 0.3 is 0 Å². The van der Waals surface area contributed by atoms with Gasteiger partial charge in [0.05, 0.1) is 6.42 Å². The van der Waals surface area contributed by atoms with Gasteiger partial charge < -0.3 is 11.1 Å². The zero-order valence-corrected chi connectivity index (χ0v) is 9.88. The smallest absolute Gasteiger partial charge is 0.224 e. The van der Waals surface area contributed by atoms with Gasteiger partial charge in [-0.1, -0.05) is 34.6 Å². The van der Waals surface area contributed by atoms with E-state index in [9.17, 15) is 4.79 Å². The maximum Gasteiger partial charge on any atom is 0.224 e. The maximum atomic E-state index is 11.4. The molecule has 0 fully saturated rings. The number of anilines is 1.